The van der Waals surface area contributed by atoms with Gasteiger partial charge in [-0.3, -0.25) is 9.59 Å². The third kappa shape index (κ3) is 5.21. The first-order valence-corrected chi connectivity index (χ1v) is 12.1. The van der Waals surface area contributed by atoms with Crippen molar-refractivity contribution < 1.29 is 18.7 Å². The largest absolute Gasteiger partial charge is 0.380 e. The fraction of sp³-hybridized carbons (Fsp3) is 0.444. The Bertz CT molecular complexity index is 1120. The van der Waals surface area contributed by atoms with Crippen molar-refractivity contribution in [2.75, 3.05) is 32.8 Å². The maximum Gasteiger partial charge on any atom is 0.251 e. The van der Waals surface area contributed by atoms with Gasteiger partial charge in [0.2, 0.25) is 5.91 Å². The molecule has 2 saturated heterocycles. The third-order valence-corrected chi connectivity index (χ3v) is 7.23. The number of rotatable bonds is 9. The van der Waals surface area contributed by atoms with E-state index in [1.807, 2.05) is 23.1 Å². The molecule has 5 rings (SSSR count). The van der Waals surface area contributed by atoms with Gasteiger partial charge in [0.15, 0.2) is 0 Å². The van der Waals surface area contributed by atoms with Gasteiger partial charge in [-0.1, -0.05) is 12.1 Å². The summed E-state index contributed by atoms with van der Waals surface area (Å²) in [7, 11) is 0. The van der Waals surface area contributed by atoms with Gasteiger partial charge in [-0.15, -0.1) is 0 Å². The standard InChI is InChI=1S/C27H29FN4O3/c28-21-9-7-19(8-10-21)22-12-24(22)30-11-1-2-23(26(34)32-14-27(15-32)16-35-17-27)31-25(33)20-5-3-18(13-29)4-6-20/h3-10,22-24,30H,1-2,11-12,14-17H2,(H,31,33)/t22-,23-,24+/m0/s1. The van der Waals surface area contributed by atoms with E-state index in [4.69, 9.17) is 10.00 Å². The summed E-state index contributed by atoms with van der Waals surface area (Å²) in [6, 6.07) is 14.8. The van der Waals surface area contributed by atoms with Gasteiger partial charge < -0.3 is 20.3 Å². The number of hydrogen-bond acceptors (Lipinski definition) is 5. The quantitative estimate of drug-likeness (QED) is 0.543. The number of nitriles is 1. The van der Waals surface area contributed by atoms with E-state index in [0.717, 1.165) is 24.9 Å². The van der Waals surface area contributed by atoms with Crippen molar-refractivity contribution in [2.45, 2.75) is 37.3 Å². The molecule has 3 aliphatic rings. The Morgan fingerprint density at radius 2 is 1.86 bits per heavy atom. The molecule has 2 N–H and O–H groups in total. The van der Waals surface area contributed by atoms with E-state index in [-0.39, 0.29) is 23.0 Å². The van der Waals surface area contributed by atoms with E-state index in [1.54, 1.807) is 24.3 Å². The van der Waals surface area contributed by atoms with Crippen LogP contribution in [0.15, 0.2) is 48.5 Å². The van der Waals surface area contributed by atoms with E-state index in [9.17, 15) is 14.0 Å². The Labute approximate surface area is 204 Å². The molecular weight excluding hydrogens is 447 g/mol. The van der Waals surface area contributed by atoms with Crippen molar-refractivity contribution in [2.24, 2.45) is 5.41 Å². The molecule has 182 valence electrons. The smallest absolute Gasteiger partial charge is 0.251 e. The van der Waals surface area contributed by atoms with E-state index in [1.165, 1.54) is 12.1 Å². The van der Waals surface area contributed by atoms with E-state index >= 15 is 0 Å². The number of ether oxygens (including phenoxy) is 1. The molecule has 2 aromatic carbocycles. The summed E-state index contributed by atoms with van der Waals surface area (Å²) >= 11 is 0. The molecule has 2 heterocycles. The molecule has 1 aliphatic carbocycles. The molecule has 35 heavy (non-hydrogen) atoms. The lowest BCUT2D eigenvalue weighted by atomic mass is 9.77. The molecule has 0 unspecified atom stereocenters. The van der Waals surface area contributed by atoms with Gasteiger partial charge in [0.05, 0.1) is 30.3 Å². The Kier molecular flexibility index (Phi) is 6.54. The SMILES string of the molecule is N#Cc1ccc(C(=O)N[C@@H](CCCN[C@@H]2C[C@H]2c2ccc(F)cc2)C(=O)N2CC3(COC3)C2)cc1. The van der Waals surface area contributed by atoms with E-state index < -0.39 is 6.04 Å². The second-order valence-corrected chi connectivity index (χ2v) is 10.00. The summed E-state index contributed by atoms with van der Waals surface area (Å²) in [4.78, 5) is 27.8. The number of halogens is 1. The second kappa shape index (κ2) is 9.76. The number of benzene rings is 2. The first-order chi connectivity index (χ1) is 17.0. The van der Waals surface area contributed by atoms with E-state index in [0.29, 0.717) is 55.8 Å². The highest BCUT2D eigenvalue weighted by Crippen LogP contribution is 2.41. The molecule has 7 nitrogen and oxygen atoms in total. The summed E-state index contributed by atoms with van der Waals surface area (Å²) in [5.74, 6) is -0.205. The minimum absolute atomic E-state index is 0.0554. The van der Waals surface area contributed by atoms with Crippen LogP contribution in [-0.4, -0.2) is 61.6 Å². The Morgan fingerprint density at radius 1 is 1.14 bits per heavy atom. The van der Waals surface area contributed by atoms with Gasteiger partial charge in [0.25, 0.3) is 5.91 Å². The van der Waals surface area contributed by atoms with Crippen molar-refractivity contribution in [3.8, 4) is 6.07 Å². The number of amides is 2. The Balaban J connectivity index is 1.14. The number of nitrogens with zero attached hydrogens (tertiary/aromatic N) is 2. The molecule has 3 fully saturated rings. The van der Waals surface area contributed by atoms with Crippen LogP contribution in [0.2, 0.25) is 0 Å². The zero-order valence-electron chi connectivity index (χ0n) is 19.5. The van der Waals surface area contributed by atoms with Crippen LogP contribution in [0.4, 0.5) is 4.39 Å². The number of likely N-dealkylation sites (tertiary alicyclic amines) is 1. The Hall–Kier alpha value is -3.28. The first kappa shape index (κ1) is 23.5. The number of hydrogen-bond donors (Lipinski definition) is 2. The maximum absolute atomic E-state index is 13.2. The minimum Gasteiger partial charge on any atom is -0.380 e. The van der Waals surface area contributed by atoms with Gasteiger partial charge in [-0.05, 0) is 67.8 Å². The van der Waals surface area contributed by atoms with Gasteiger partial charge in [-0.2, -0.15) is 5.26 Å². The van der Waals surface area contributed by atoms with Crippen molar-refractivity contribution in [3.63, 3.8) is 0 Å². The zero-order valence-corrected chi connectivity index (χ0v) is 19.5. The highest BCUT2D eigenvalue weighted by molar-refractivity contribution is 5.97. The molecular formula is C27H29FN4O3. The lowest BCUT2D eigenvalue weighted by Crippen LogP contribution is -2.69. The molecule has 0 radical (unpaired) electrons. The Morgan fingerprint density at radius 3 is 2.49 bits per heavy atom. The molecule has 3 atom stereocenters. The fourth-order valence-electron chi connectivity index (χ4n) is 5.00. The highest BCUT2D eigenvalue weighted by Gasteiger charge is 2.51. The van der Waals surface area contributed by atoms with Crippen LogP contribution < -0.4 is 10.6 Å². The van der Waals surface area contributed by atoms with Crippen LogP contribution in [0.5, 0.6) is 0 Å². The van der Waals surface area contributed by atoms with Gasteiger partial charge in [0.1, 0.15) is 11.9 Å². The van der Waals surface area contributed by atoms with Crippen molar-refractivity contribution in [3.05, 3.63) is 71.0 Å². The average Bonchev–Trinajstić information content (AvgIpc) is 3.59. The predicted molar refractivity (Wildman–Crippen MR) is 127 cm³/mol. The van der Waals surface area contributed by atoms with Gasteiger partial charge in [-0.25, -0.2) is 4.39 Å². The normalized spacial score (nSPS) is 22.5. The molecule has 2 aromatic rings. The van der Waals surface area contributed by atoms with Crippen LogP contribution >= 0.6 is 0 Å². The molecule has 0 bridgehead atoms. The van der Waals surface area contributed by atoms with Crippen LogP contribution in [0.3, 0.4) is 0 Å². The van der Waals surface area contributed by atoms with Crippen LogP contribution in [0.1, 0.15) is 46.7 Å². The number of carbonyl (C=O) groups excluding carboxylic acids is 2. The summed E-state index contributed by atoms with van der Waals surface area (Å²) in [5.41, 5.74) is 2.15. The van der Waals surface area contributed by atoms with Crippen LogP contribution in [0.25, 0.3) is 0 Å². The predicted octanol–water partition coefficient (Wildman–Crippen LogP) is 2.58. The minimum atomic E-state index is -0.606. The molecule has 2 aliphatic heterocycles. The van der Waals surface area contributed by atoms with E-state index in [2.05, 4.69) is 10.6 Å². The summed E-state index contributed by atoms with van der Waals surface area (Å²) < 4.78 is 18.5. The average molecular weight is 477 g/mol. The lowest BCUT2D eigenvalue weighted by Gasteiger charge is -2.55. The van der Waals surface area contributed by atoms with Crippen LogP contribution in [0, 0.1) is 22.6 Å². The van der Waals surface area contributed by atoms with Gasteiger partial charge in [0, 0.05) is 30.6 Å². The van der Waals surface area contributed by atoms with Crippen LogP contribution in [-0.2, 0) is 9.53 Å². The monoisotopic (exact) mass is 476 g/mol. The molecule has 1 saturated carbocycles. The molecule has 1 spiro atoms. The fourth-order valence-corrected chi connectivity index (χ4v) is 5.00. The number of carbonyl (C=O) groups is 2. The number of nitrogens with one attached hydrogen (secondary N) is 2. The topological polar surface area (TPSA) is 94.5 Å². The van der Waals surface area contributed by atoms with Crippen molar-refractivity contribution in [1.82, 2.24) is 15.5 Å². The first-order valence-electron chi connectivity index (χ1n) is 12.1. The van der Waals surface area contributed by atoms with Gasteiger partial charge >= 0.3 is 0 Å². The summed E-state index contributed by atoms with van der Waals surface area (Å²) in [6.45, 7) is 3.47. The summed E-state index contributed by atoms with van der Waals surface area (Å²) in [5, 5.41) is 15.4. The highest BCUT2D eigenvalue weighted by atomic mass is 19.1. The lowest BCUT2D eigenvalue weighted by molar-refractivity contribution is -0.196. The molecule has 0 aromatic heterocycles. The molecule has 8 heteroatoms. The third-order valence-electron chi connectivity index (χ3n) is 7.23. The zero-order chi connectivity index (χ0) is 24.4. The van der Waals surface area contributed by atoms with Crippen molar-refractivity contribution in [1.29, 1.82) is 5.26 Å². The molecule has 2 amide bonds. The maximum atomic E-state index is 13.2. The summed E-state index contributed by atoms with van der Waals surface area (Å²) in [6.07, 6.45) is 2.28. The van der Waals surface area contributed by atoms with Crippen molar-refractivity contribution >= 4 is 11.8 Å². The second-order valence-electron chi connectivity index (χ2n) is 10.00.